The SMILES string of the molecule is Oc1cc(C2CN=C(c3ccc(F)cc3)C2)ccc1Oc1ccccc1. The second-order valence-electron chi connectivity index (χ2n) is 6.34. The zero-order valence-corrected chi connectivity index (χ0v) is 14.1. The molecular formula is C22H18FNO2. The van der Waals surface area contributed by atoms with Gasteiger partial charge in [-0.3, -0.25) is 4.99 Å². The number of hydrogen-bond acceptors (Lipinski definition) is 3. The maximum Gasteiger partial charge on any atom is 0.169 e. The minimum Gasteiger partial charge on any atom is -0.504 e. The van der Waals surface area contributed by atoms with Gasteiger partial charge >= 0.3 is 0 Å². The molecule has 1 aliphatic heterocycles. The fourth-order valence-corrected chi connectivity index (χ4v) is 3.15. The first-order valence-electron chi connectivity index (χ1n) is 8.54. The van der Waals surface area contributed by atoms with E-state index in [9.17, 15) is 9.50 Å². The van der Waals surface area contributed by atoms with Crippen LogP contribution in [0.5, 0.6) is 17.2 Å². The van der Waals surface area contributed by atoms with Crippen molar-refractivity contribution in [3.8, 4) is 17.2 Å². The monoisotopic (exact) mass is 347 g/mol. The number of aromatic hydroxyl groups is 1. The number of para-hydroxylation sites is 1. The molecule has 1 heterocycles. The third-order valence-electron chi connectivity index (χ3n) is 4.55. The van der Waals surface area contributed by atoms with Crippen molar-refractivity contribution in [2.45, 2.75) is 12.3 Å². The summed E-state index contributed by atoms with van der Waals surface area (Å²) in [4.78, 5) is 4.59. The summed E-state index contributed by atoms with van der Waals surface area (Å²) in [5.41, 5.74) is 2.94. The summed E-state index contributed by atoms with van der Waals surface area (Å²) in [7, 11) is 0. The van der Waals surface area contributed by atoms with Crippen LogP contribution in [0.2, 0.25) is 0 Å². The van der Waals surface area contributed by atoms with Crippen LogP contribution in [0, 0.1) is 5.82 Å². The van der Waals surface area contributed by atoms with Crippen LogP contribution in [0.3, 0.4) is 0 Å². The van der Waals surface area contributed by atoms with E-state index in [-0.39, 0.29) is 17.5 Å². The van der Waals surface area contributed by atoms with Gasteiger partial charge < -0.3 is 9.84 Å². The lowest BCUT2D eigenvalue weighted by Crippen LogP contribution is -2.02. The molecule has 4 rings (SSSR count). The van der Waals surface area contributed by atoms with Gasteiger partial charge in [-0.25, -0.2) is 4.39 Å². The van der Waals surface area contributed by atoms with Crippen LogP contribution in [0.1, 0.15) is 23.5 Å². The number of phenols is 1. The molecule has 26 heavy (non-hydrogen) atoms. The van der Waals surface area contributed by atoms with E-state index in [4.69, 9.17) is 4.74 Å². The highest BCUT2D eigenvalue weighted by molar-refractivity contribution is 6.02. The molecule has 3 aromatic carbocycles. The quantitative estimate of drug-likeness (QED) is 0.696. The number of hydrogen-bond donors (Lipinski definition) is 1. The summed E-state index contributed by atoms with van der Waals surface area (Å²) < 4.78 is 18.8. The van der Waals surface area contributed by atoms with Crippen LogP contribution >= 0.6 is 0 Å². The minimum atomic E-state index is -0.247. The van der Waals surface area contributed by atoms with Crippen molar-refractivity contribution < 1.29 is 14.2 Å². The summed E-state index contributed by atoms with van der Waals surface area (Å²) >= 11 is 0. The molecule has 0 bridgehead atoms. The summed E-state index contributed by atoms with van der Waals surface area (Å²) in [5, 5.41) is 10.3. The van der Waals surface area contributed by atoms with Gasteiger partial charge in [0.05, 0.1) is 0 Å². The molecule has 0 radical (unpaired) electrons. The molecule has 0 aromatic heterocycles. The zero-order chi connectivity index (χ0) is 17.9. The molecule has 130 valence electrons. The number of benzene rings is 3. The molecule has 1 aliphatic rings. The highest BCUT2D eigenvalue weighted by Crippen LogP contribution is 2.36. The molecule has 0 aliphatic carbocycles. The molecular weight excluding hydrogens is 329 g/mol. The first kappa shape index (κ1) is 16.3. The molecule has 0 saturated heterocycles. The van der Waals surface area contributed by atoms with Crippen LogP contribution < -0.4 is 4.74 Å². The first-order valence-corrected chi connectivity index (χ1v) is 8.54. The van der Waals surface area contributed by atoms with Crippen molar-refractivity contribution in [1.82, 2.24) is 0 Å². The maximum atomic E-state index is 13.1. The van der Waals surface area contributed by atoms with E-state index >= 15 is 0 Å². The third-order valence-corrected chi connectivity index (χ3v) is 4.55. The van der Waals surface area contributed by atoms with Crippen molar-refractivity contribution in [3.05, 3.63) is 89.7 Å². The number of ether oxygens (including phenoxy) is 1. The Bertz CT molecular complexity index is 936. The molecule has 0 saturated carbocycles. The molecule has 1 atom stereocenters. The Labute approximate surface area is 151 Å². The standard InChI is InChI=1S/C22H18FNO2/c23-18-9-6-15(7-10-18)20-12-17(14-24-20)16-8-11-22(21(25)13-16)26-19-4-2-1-3-5-19/h1-11,13,17,25H,12,14H2. The van der Waals surface area contributed by atoms with Crippen molar-refractivity contribution in [1.29, 1.82) is 0 Å². The topological polar surface area (TPSA) is 41.8 Å². The van der Waals surface area contributed by atoms with Gasteiger partial charge in [-0.2, -0.15) is 0 Å². The molecule has 0 spiro atoms. The summed E-state index contributed by atoms with van der Waals surface area (Å²) in [6.07, 6.45) is 0.768. The van der Waals surface area contributed by atoms with E-state index < -0.39 is 0 Å². The molecule has 3 nitrogen and oxygen atoms in total. The van der Waals surface area contributed by atoms with Crippen molar-refractivity contribution in [3.63, 3.8) is 0 Å². The average Bonchev–Trinajstić information content (AvgIpc) is 3.15. The van der Waals surface area contributed by atoms with E-state index in [2.05, 4.69) is 4.99 Å². The van der Waals surface area contributed by atoms with Crippen LogP contribution in [0.15, 0.2) is 77.8 Å². The molecule has 3 aromatic rings. The Hall–Kier alpha value is -3.14. The van der Waals surface area contributed by atoms with Gasteiger partial charge in [0.15, 0.2) is 11.5 Å². The highest BCUT2D eigenvalue weighted by Gasteiger charge is 2.22. The fourth-order valence-electron chi connectivity index (χ4n) is 3.15. The number of phenolic OH excluding ortho intramolecular Hbond substituents is 1. The molecule has 4 heteroatoms. The van der Waals surface area contributed by atoms with Gasteiger partial charge in [-0.05, 0) is 53.9 Å². The smallest absolute Gasteiger partial charge is 0.169 e. The van der Waals surface area contributed by atoms with Crippen molar-refractivity contribution in [2.24, 2.45) is 4.99 Å². The largest absolute Gasteiger partial charge is 0.504 e. The predicted octanol–water partition coefficient (Wildman–Crippen LogP) is 5.30. The lowest BCUT2D eigenvalue weighted by Gasteiger charge is -2.13. The number of aliphatic imine (C=N–C) groups is 1. The van der Waals surface area contributed by atoms with Gasteiger partial charge in [-0.1, -0.05) is 36.4 Å². The first-order chi connectivity index (χ1) is 12.7. The van der Waals surface area contributed by atoms with Gasteiger partial charge in [0.25, 0.3) is 0 Å². The van der Waals surface area contributed by atoms with E-state index in [1.807, 2.05) is 36.4 Å². The second kappa shape index (κ2) is 7.00. The van der Waals surface area contributed by atoms with Crippen LogP contribution in [-0.2, 0) is 0 Å². The summed E-state index contributed by atoms with van der Waals surface area (Å²) in [6.45, 7) is 0.658. The summed E-state index contributed by atoms with van der Waals surface area (Å²) in [6, 6.07) is 21.3. The zero-order valence-electron chi connectivity index (χ0n) is 14.1. The Morgan fingerprint density at radius 2 is 1.73 bits per heavy atom. The van der Waals surface area contributed by atoms with Gasteiger partial charge in [0.1, 0.15) is 11.6 Å². The van der Waals surface area contributed by atoms with Crippen molar-refractivity contribution >= 4 is 5.71 Å². The molecule has 1 unspecified atom stereocenters. The Balaban J connectivity index is 1.47. The lowest BCUT2D eigenvalue weighted by atomic mass is 9.94. The Morgan fingerprint density at radius 1 is 0.962 bits per heavy atom. The summed E-state index contributed by atoms with van der Waals surface area (Å²) in [5.74, 6) is 1.17. The number of halogens is 1. The lowest BCUT2D eigenvalue weighted by molar-refractivity contribution is 0.410. The van der Waals surface area contributed by atoms with Crippen LogP contribution in [0.25, 0.3) is 0 Å². The van der Waals surface area contributed by atoms with Crippen LogP contribution in [-0.4, -0.2) is 17.4 Å². The Kier molecular flexibility index (Phi) is 4.40. The number of rotatable bonds is 4. The minimum absolute atomic E-state index is 0.113. The maximum absolute atomic E-state index is 13.1. The predicted molar refractivity (Wildman–Crippen MR) is 99.8 cm³/mol. The van der Waals surface area contributed by atoms with E-state index in [0.717, 1.165) is 23.3 Å². The van der Waals surface area contributed by atoms with Gasteiger partial charge in [0, 0.05) is 18.2 Å². The molecule has 0 fully saturated rings. The second-order valence-corrected chi connectivity index (χ2v) is 6.34. The van der Waals surface area contributed by atoms with Crippen molar-refractivity contribution in [2.75, 3.05) is 6.54 Å². The van der Waals surface area contributed by atoms with Crippen LogP contribution in [0.4, 0.5) is 4.39 Å². The third kappa shape index (κ3) is 3.45. The van der Waals surface area contributed by atoms with Gasteiger partial charge in [0.2, 0.25) is 0 Å². The fraction of sp³-hybridized carbons (Fsp3) is 0.136. The normalized spacial score (nSPS) is 16.3. The van der Waals surface area contributed by atoms with E-state index in [1.165, 1.54) is 12.1 Å². The Morgan fingerprint density at radius 3 is 2.46 bits per heavy atom. The van der Waals surface area contributed by atoms with E-state index in [1.54, 1.807) is 24.3 Å². The highest BCUT2D eigenvalue weighted by atomic mass is 19.1. The average molecular weight is 347 g/mol. The molecule has 1 N–H and O–H groups in total. The molecule has 0 amide bonds. The van der Waals surface area contributed by atoms with E-state index in [0.29, 0.717) is 18.0 Å². The number of nitrogens with zero attached hydrogens (tertiary/aromatic N) is 1. The van der Waals surface area contributed by atoms with Gasteiger partial charge in [-0.15, -0.1) is 0 Å².